The molecule has 2 aromatic rings. The summed E-state index contributed by atoms with van der Waals surface area (Å²) < 4.78 is 37.8. The molecule has 0 amide bonds. The van der Waals surface area contributed by atoms with E-state index < -0.39 is 17.7 Å². The van der Waals surface area contributed by atoms with Crippen LogP contribution in [-0.4, -0.2) is 16.1 Å². The Balaban J connectivity index is 2.16. The van der Waals surface area contributed by atoms with Crippen LogP contribution in [0, 0.1) is 0 Å². The van der Waals surface area contributed by atoms with Crippen molar-refractivity contribution >= 4 is 28.1 Å². The third kappa shape index (κ3) is 4.75. The lowest BCUT2D eigenvalue weighted by molar-refractivity contribution is -0.138. The molecule has 0 bridgehead atoms. The summed E-state index contributed by atoms with van der Waals surface area (Å²) in [5, 5.41) is 14.5. The van der Waals surface area contributed by atoms with Gasteiger partial charge in [0.15, 0.2) is 5.13 Å². The molecular weight excluding hydrogens is 365 g/mol. The van der Waals surface area contributed by atoms with Crippen LogP contribution >= 0.6 is 11.3 Å². The quantitative estimate of drug-likeness (QED) is 0.599. The molecule has 26 heavy (non-hydrogen) atoms. The van der Waals surface area contributed by atoms with Gasteiger partial charge >= 0.3 is 12.1 Å². The number of nitrogens with zero attached hydrogens (tertiary/aromatic N) is 1. The lowest BCUT2D eigenvalue weighted by Crippen LogP contribution is -2.26. The van der Waals surface area contributed by atoms with E-state index in [0.29, 0.717) is 17.2 Å². The number of aromatic nitrogens is 1. The molecule has 4 nitrogen and oxygen atoms in total. The predicted octanol–water partition coefficient (Wildman–Crippen LogP) is 5.83. The van der Waals surface area contributed by atoms with E-state index in [0.717, 1.165) is 30.7 Å². The van der Waals surface area contributed by atoms with E-state index in [9.17, 15) is 18.0 Å². The Morgan fingerprint density at radius 3 is 2.31 bits per heavy atom. The molecule has 0 aliphatic carbocycles. The van der Waals surface area contributed by atoms with Gasteiger partial charge in [0, 0.05) is 22.9 Å². The Morgan fingerprint density at radius 1 is 1.19 bits per heavy atom. The molecule has 2 N–H and O–H groups in total. The number of nitrogens with one attached hydrogen (secondary N) is 1. The Morgan fingerprint density at radius 2 is 1.81 bits per heavy atom. The van der Waals surface area contributed by atoms with E-state index in [4.69, 9.17) is 5.11 Å². The number of thiazole rings is 1. The van der Waals surface area contributed by atoms with Crippen molar-refractivity contribution in [1.82, 2.24) is 4.98 Å². The van der Waals surface area contributed by atoms with E-state index in [1.54, 1.807) is 0 Å². The van der Waals surface area contributed by atoms with Crippen molar-refractivity contribution in [3.63, 3.8) is 0 Å². The number of benzene rings is 1. The molecular formula is C18H21F3N2O2S. The first-order valence-corrected chi connectivity index (χ1v) is 9.20. The van der Waals surface area contributed by atoms with Gasteiger partial charge in [-0.15, -0.1) is 11.3 Å². The van der Waals surface area contributed by atoms with Crippen LogP contribution in [0.15, 0.2) is 29.6 Å². The molecule has 0 spiro atoms. The van der Waals surface area contributed by atoms with Crippen LogP contribution in [-0.2, 0) is 16.4 Å². The molecule has 0 saturated heterocycles. The van der Waals surface area contributed by atoms with E-state index in [-0.39, 0.29) is 11.8 Å². The third-order valence-electron chi connectivity index (χ3n) is 4.68. The average Bonchev–Trinajstić information content (AvgIpc) is 3.05. The molecule has 0 fully saturated rings. The fourth-order valence-corrected chi connectivity index (χ4v) is 3.73. The van der Waals surface area contributed by atoms with Gasteiger partial charge in [-0.05, 0) is 43.5 Å². The summed E-state index contributed by atoms with van der Waals surface area (Å²) in [7, 11) is 0. The lowest BCUT2D eigenvalue weighted by Gasteiger charge is -2.29. The van der Waals surface area contributed by atoms with Crippen LogP contribution in [0.4, 0.5) is 24.0 Å². The van der Waals surface area contributed by atoms with Gasteiger partial charge < -0.3 is 10.4 Å². The summed E-state index contributed by atoms with van der Waals surface area (Å²) in [5.41, 5.74) is 0.327. The first kappa shape index (κ1) is 20.2. The standard InChI is InChI=1S/C18H21F3N2O2S/c1-3-17(4-2,10-9-15(24)25)14-11-26-16(23-14)22-13-7-5-12(6-8-13)18(19,20)21/h5-8,11H,3-4,9-10H2,1-2H3,(H,22,23)(H,24,25). The van der Waals surface area contributed by atoms with Crippen molar-refractivity contribution in [1.29, 1.82) is 0 Å². The smallest absolute Gasteiger partial charge is 0.416 e. The van der Waals surface area contributed by atoms with Gasteiger partial charge in [0.1, 0.15) is 0 Å². The molecule has 1 aromatic heterocycles. The number of carboxylic acids is 1. The van der Waals surface area contributed by atoms with E-state index in [1.165, 1.54) is 23.5 Å². The normalized spacial score (nSPS) is 12.2. The van der Waals surface area contributed by atoms with Gasteiger partial charge in [-0.2, -0.15) is 13.2 Å². The zero-order chi connectivity index (χ0) is 19.4. The van der Waals surface area contributed by atoms with Gasteiger partial charge in [0.05, 0.1) is 11.3 Å². The van der Waals surface area contributed by atoms with Crippen molar-refractivity contribution in [2.24, 2.45) is 0 Å². The van der Waals surface area contributed by atoms with Crippen LogP contribution in [0.1, 0.15) is 50.8 Å². The summed E-state index contributed by atoms with van der Waals surface area (Å²) in [6, 6.07) is 4.76. The van der Waals surface area contributed by atoms with Crippen molar-refractivity contribution in [3.8, 4) is 0 Å². The maximum atomic E-state index is 12.6. The Bertz CT molecular complexity index is 738. The maximum Gasteiger partial charge on any atom is 0.416 e. The molecule has 0 unspecified atom stereocenters. The number of anilines is 2. The fourth-order valence-electron chi connectivity index (χ4n) is 2.88. The number of aliphatic carboxylic acids is 1. The maximum absolute atomic E-state index is 12.6. The highest BCUT2D eigenvalue weighted by Crippen LogP contribution is 2.38. The van der Waals surface area contributed by atoms with Crippen LogP contribution in [0.2, 0.25) is 0 Å². The minimum absolute atomic E-state index is 0.0703. The Hall–Kier alpha value is -2.09. The van der Waals surface area contributed by atoms with E-state index in [2.05, 4.69) is 10.3 Å². The number of rotatable bonds is 8. The highest BCUT2D eigenvalue weighted by molar-refractivity contribution is 7.13. The molecule has 0 atom stereocenters. The summed E-state index contributed by atoms with van der Waals surface area (Å²) in [4.78, 5) is 15.5. The largest absolute Gasteiger partial charge is 0.481 e. The van der Waals surface area contributed by atoms with Crippen molar-refractivity contribution < 1.29 is 23.1 Å². The molecule has 142 valence electrons. The number of carboxylic acid groups (broad SMARTS) is 1. The molecule has 0 radical (unpaired) electrons. The Labute approximate surface area is 154 Å². The van der Waals surface area contributed by atoms with Crippen LogP contribution in [0.3, 0.4) is 0 Å². The van der Waals surface area contributed by atoms with Crippen LogP contribution in [0.5, 0.6) is 0 Å². The molecule has 0 aliphatic heterocycles. The zero-order valence-corrected chi connectivity index (χ0v) is 15.4. The lowest BCUT2D eigenvalue weighted by atomic mass is 9.76. The van der Waals surface area contributed by atoms with Gasteiger partial charge in [-0.3, -0.25) is 4.79 Å². The van der Waals surface area contributed by atoms with E-state index in [1.807, 2.05) is 19.2 Å². The van der Waals surface area contributed by atoms with Crippen molar-refractivity contribution in [2.45, 2.75) is 51.1 Å². The van der Waals surface area contributed by atoms with Gasteiger partial charge in [0.2, 0.25) is 0 Å². The van der Waals surface area contributed by atoms with Crippen LogP contribution < -0.4 is 5.32 Å². The number of halogens is 3. The van der Waals surface area contributed by atoms with Crippen LogP contribution in [0.25, 0.3) is 0 Å². The topological polar surface area (TPSA) is 62.2 Å². The molecule has 0 saturated carbocycles. The summed E-state index contributed by atoms with van der Waals surface area (Å²) >= 11 is 1.35. The summed E-state index contributed by atoms with van der Waals surface area (Å²) in [6.07, 6.45) is -2.26. The summed E-state index contributed by atoms with van der Waals surface area (Å²) in [6.45, 7) is 4.02. The predicted molar refractivity (Wildman–Crippen MR) is 96.0 cm³/mol. The molecule has 8 heteroatoms. The minimum Gasteiger partial charge on any atom is -0.481 e. The number of carbonyl (C=O) groups is 1. The van der Waals surface area contributed by atoms with Gasteiger partial charge in [0.25, 0.3) is 0 Å². The van der Waals surface area contributed by atoms with Crippen molar-refractivity contribution in [3.05, 3.63) is 40.9 Å². The first-order valence-electron chi connectivity index (χ1n) is 8.32. The minimum atomic E-state index is -4.36. The second kappa shape index (κ2) is 8.07. The second-order valence-corrected chi connectivity index (χ2v) is 6.98. The number of hydrogen-bond donors (Lipinski definition) is 2. The van der Waals surface area contributed by atoms with Crippen molar-refractivity contribution in [2.75, 3.05) is 5.32 Å². The first-order chi connectivity index (χ1) is 12.2. The SMILES string of the molecule is CCC(CC)(CCC(=O)O)c1csc(Nc2ccc(C(F)(F)F)cc2)n1. The number of alkyl halides is 3. The molecule has 2 rings (SSSR count). The van der Waals surface area contributed by atoms with Gasteiger partial charge in [-0.25, -0.2) is 4.98 Å². The fraction of sp³-hybridized carbons (Fsp3) is 0.444. The monoisotopic (exact) mass is 386 g/mol. The highest BCUT2D eigenvalue weighted by Gasteiger charge is 2.32. The van der Waals surface area contributed by atoms with Gasteiger partial charge in [-0.1, -0.05) is 13.8 Å². The molecule has 1 heterocycles. The summed E-state index contributed by atoms with van der Waals surface area (Å²) in [5.74, 6) is -0.838. The zero-order valence-electron chi connectivity index (χ0n) is 14.6. The molecule has 1 aromatic carbocycles. The second-order valence-electron chi connectivity index (χ2n) is 6.12. The van der Waals surface area contributed by atoms with E-state index >= 15 is 0 Å². The third-order valence-corrected chi connectivity index (χ3v) is 5.44. The Kier molecular flexibility index (Phi) is 6.28. The average molecular weight is 386 g/mol. The number of hydrogen-bond acceptors (Lipinski definition) is 4. The highest BCUT2D eigenvalue weighted by atomic mass is 32.1. The molecule has 0 aliphatic rings.